The van der Waals surface area contributed by atoms with Crippen LogP contribution in [0.3, 0.4) is 0 Å². The molecule has 2 aromatic carbocycles. The van der Waals surface area contributed by atoms with E-state index in [4.69, 9.17) is 27.9 Å². The topological polar surface area (TPSA) is 38.3 Å². The highest BCUT2D eigenvalue weighted by atomic mass is 35.5. The van der Waals surface area contributed by atoms with Gasteiger partial charge in [0, 0.05) is 17.5 Å². The van der Waals surface area contributed by atoms with Crippen molar-refractivity contribution in [1.82, 2.24) is 5.32 Å². The van der Waals surface area contributed by atoms with Gasteiger partial charge in [0.2, 0.25) is 0 Å². The van der Waals surface area contributed by atoms with Crippen molar-refractivity contribution in [2.75, 3.05) is 6.61 Å². The molecule has 0 bridgehead atoms. The molecule has 0 spiro atoms. The first-order valence-corrected chi connectivity index (χ1v) is 7.38. The van der Waals surface area contributed by atoms with E-state index in [1.54, 1.807) is 18.2 Å². The molecule has 5 heteroatoms. The minimum atomic E-state index is -0.171. The largest absolute Gasteiger partial charge is 0.493 e. The number of hydrogen-bond donors (Lipinski definition) is 1. The van der Waals surface area contributed by atoms with Crippen LogP contribution in [0, 0.1) is 0 Å². The summed E-state index contributed by atoms with van der Waals surface area (Å²) in [7, 11) is 0. The Bertz CT molecular complexity index is 688. The molecule has 1 aliphatic rings. The molecule has 1 amide bonds. The van der Waals surface area contributed by atoms with Gasteiger partial charge in [0.25, 0.3) is 5.91 Å². The van der Waals surface area contributed by atoms with Crippen molar-refractivity contribution < 1.29 is 9.53 Å². The molecule has 3 nitrogen and oxygen atoms in total. The van der Waals surface area contributed by atoms with E-state index in [-0.39, 0.29) is 11.9 Å². The van der Waals surface area contributed by atoms with Crippen molar-refractivity contribution in [3.63, 3.8) is 0 Å². The number of carbonyl (C=O) groups is 1. The summed E-state index contributed by atoms with van der Waals surface area (Å²) in [4.78, 5) is 12.3. The molecule has 3 rings (SSSR count). The van der Waals surface area contributed by atoms with Gasteiger partial charge in [0.15, 0.2) is 0 Å². The van der Waals surface area contributed by atoms with Crippen LogP contribution in [0.15, 0.2) is 42.5 Å². The standard InChI is InChI=1S/C16H13Cl2NO2/c17-12-6-5-10(9-13(12)18)16(20)19-14-7-8-21-15-4-2-1-3-11(14)15/h1-6,9,14H,7-8H2,(H,19,20). The van der Waals surface area contributed by atoms with Crippen molar-refractivity contribution in [2.24, 2.45) is 0 Å². The maximum absolute atomic E-state index is 12.3. The van der Waals surface area contributed by atoms with E-state index in [0.29, 0.717) is 22.2 Å². The van der Waals surface area contributed by atoms with Gasteiger partial charge in [-0.05, 0) is 24.3 Å². The summed E-state index contributed by atoms with van der Waals surface area (Å²) < 4.78 is 5.59. The average Bonchev–Trinajstić information content (AvgIpc) is 2.50. The van der Waals surface area contributed by atoms with E-state index in [0.717, 1.165) is 17.7 Å². The van der Waals surface area contributed by atoms with E-state index in [1.165, 1.54) is 0 Å². The smallest absolute Gasteiger partial charge is 0.251 e. The van der Waals surface area contributed by atoms with Crippen LogP contribution in [-0.2, 0) is 0 Å². The molecule has 1 unspecified atom stereocenters. The third-order valence-corrected chi connectivity index (χ3v) is 4.18. The predicted octanol–water partition coefficient (Wildman–Crippen LogP) is 4.25. The van der Waals surface area contributed by atoms with Crippen LogP contribution in [0.2, 0.25) is 10.0 Å². The highest BCUT2D eigenvalue weighted by Crippen LogP contribution is 2.32. The number of hydrogen-bond acceptors (Lipinski definition) is 2. The second kappa shape index (κ2) is 5.96. The Kier molecular flexibility index (Phi) is 4.04. The van der Waals surface area contributed by atoms with Gasteiger partial charge >= 0.3 is 0 Å². The first-order valence-electron chi connectivity index (χ1n) is 6.63. The molecule has 0 saturated carbocycles. The number of amides is 1. The second-order valence-corrected chi connectivity index (χ2v) is 5.64. The van der Waals surface area contributed by atoms with E-state index in [9.17, 15) is 4.79 Å². The predicted molar refractivity (Wildman–Crippen MR) is 83.2 cm³/mol. The molecule has 108 valence electrons. The summed E-state index contributed by atoms with van der Waals surface area (Å²) in [5.41, 5.74) is 1.49. The molecular formula is C16H13Cl2NO2. The molecule has 0 saturated heterocycles. The van der Waals surface area contributed by atoms with Crippen LogP contribution in [0.5, 0.6) is 5.75 Å². The number of nitrogens with one attached hydrogen (secondary N) is 1. The molecule has 0 aliphatic carbocycles. The zero-order chi connectivity index (χ0) is 14.8. The van der Waals surface area contributed by atoms with Crippen LogP contribution >= 0.6 is 23.2 Å². The van der Waals surface area contributed by atoms with Gasteiger partial charge in [-0.1, -0.05) is 41.4 Å². The molecule has 0 fully saturated rings. The molecule has 1 aliphatic heterocycles. The fourth-order valence-electron chi connectivity index (χ4n) is 2.37. The Labute approximate surface area is 132 Å². The normalized spacial score (nSPS) is 16.8. The highest BCUT2D eigenvalue weighted by molar-refractivity contribution is 6.42. The lowest BCUT2D eigenvalue weighted by Crippen LogP contribution is -2.32. The third-order valence-electron chi connectivity index (χ3n) is 3.45. The lowest BCUT2D eigenvalue weighted by Gasteiger charge is -2.26. The Balaban J connectivity index is 1.81. The Hall–Kier alpha value is -1.71. The molecule has 0 radical (unpaired) electrons. The number of ether oxygens (including phenoxy) is 1. The summed E-state index contributed by atoms with van der Waals surface area (Å²) >= 11 is 11.8. The zero-order valence-corrected chi connectivity index (χ0v) is 12.6. The van der Waals surface area contributed by atoms with Gasteiger partial charge in [0.1, 0.15) is 5.75 Å². The lowest BCUT2D eigenvalue weighted by molar-refractivity contribution is 0.0925. The van der Waals surface area contributed by atoms with Crippen LogP contribution in [0.4, 0.5) is 0 Å². The Morgan fingerprint density at radius 1 is 1.14 bits per heavy atom. The summed E-state index contributed by atoms with van der Waals surface area (Å²) in [6.45, 7) is 0.587. The molecule has 0 aromatic heterocycles. The molecule has 1 atom stereocenters. The number of fused-ring (bicyclic) bond motifs is 1. The van der Waals surface area contributed by atoms with Crippen LogP contribution in [0.1, 0.15) is 28.4 Å². The van der Waals surface area contributed by atoms with Crippen molar-refractivity contribution in [1.29, 1.82) is 0 Å². The summed E-state index contributed by atoms with van der Waals surface area (Å²) in [6.07, 6.45) is 0.740. The van der Waals surface area contributed by atoms with E-state index < -0.39 is 0 Å². The quantitative estimate of drug-likeness (QED) is 0.898. The number of carbonyl (C=O) groups excluding carboxylic acids is 1. The highest BCUT2D eigenvalue weighted by Gasteiger charge is 2.23. The van der Waals surface area contributed by atoms with Crippen LogP contribution in [0.25, 0.3) is 0 Å². The monoisotopic (exact) mass is 321 g/mol. The molecule has 1 N–H and O–H groups in total. The fraction of sp³-hybridized carbons (Fsp3) is 0.188. The number of rotatable bonds is 2. The van der Waals surface area contributed by atoms with E-state index in [1.807, 2.05) is 24.3 Å². The Morgan fingerprint density at radius 2 is 1.95 bits per heavy atom. The number of benzene rings is 2. The summed E-state index contributed by atoms with van der Waals surface area (Å²) in [6, 6.07) is 12.5. The fourth-order valence-corrected chi connectivity index (χ4v) is 2.67. The van der Waals surface area contributed by atoms with E-state index in [2.05, 4.69) is 5.32 Å². The average molecular weight is 322 g/mol. The van der Waals surface area contributed by atoms with Gasteiger partial charge in [-0.3, -0.25) is 4.79 Å². The maximum Gasteiger partial charge on any atom is 0.251 e. The lowest BCUT2D eigenvalue weighted by atomic mass is 10.00. The minimum Gasteiger partial charge on any atom is -0.493 e. The summed E-state index contributed by atoms with van der Waals surface area (Å²) in [5, 5.41) is 3.82. The van der Waals surface area contributed by atoms with Crippen molar-refractivity contribution in [2.45, 2.75) is 12.5 Å². The van der Waals surface area contributed by atoms with Crippen molar-refractivity contribution in [3.8, 4) is 5.75 Å². The number of halogens is 2. The van der Waals surface area contributed by atoms with E-state index >= 15 is 0 Å². The van der Waals surface area contributed by atoms with Crippen molar-refractivity contribution in [3.05, 3.63) is 63.6 Å². The first kappa shape index (κ1) is 14.2. The van der Waals surface area contributed by atoms with Gasteiger partial charge in [-0.2, -0.15) is 0 Å². The maximum atomic E-state index is 12.3. The van der Waals surface area contributed by atoms with Crippen LogP contribution in [-0.4, -0.2) is 12.5 Å². The molecular weight excluding hydrogens is 309 g/mol. The van der Waals surface area contributed by atoms with Gasteiger partial charge in [0.05, 0.1) is 22.7 Å². The second-order valence-electron chi connectivity index (χ2n) is 4.83. The molecule has 2 aromatic rings. The number of para-hydroxylation sites is 1. The van der Waals surface area contributed by atoms with Crippen molar-refractivity contribution >= 4 is 29.1 Å². The van der Waals surface area contributed by atoms with Gasteiger partial charge in [-0.15, -0.1) is 0 Å². The van der Waals surface area contributed by atoms with Crippen LogP contribution < -0.4 is 10.1 Å². The first-order chi connectivity index (χ1) is 10.1. The van der Waals surface area contributed by atoms with Gasteiger partial charge < -0.3 is 10.1 Å². The Morgan fingerprint density at radius 3 is 2.76 bits per heavy atom. The molecule has 21 heavy (non-hydrogen) atoms. The SMILES string of the molecule is O=C(NC1CCOc2ccccc21)c1ccc(Cl)c(Cl)c1. The zero-order valence-electron chi connectivity index (χ0n) is 11.1. The minimum absolute atomic E-state index is 0.0584. The van der Waals surface area contributed by atoms with Gasteiger partial charge in [-0.25, -0.2) is 0 Å². The molecule has 1 heterocycles. The third kappa shape index (κ3) is 2.99. The summed E-state index contributed by atoms with van der Waals surface area (Å²) in [5.74, 6) is 0.651.